The van der Waals surface area contributed by atoms with E-state index < -0.39 is 73.9 Å². The van der Waals surface area contributed by atoms with Crippen LogP contribution in [0.15, 0.2) is 0 Å². The van der Waals surface area contributed by atoms with Gasteiger partial charge in [0.25, 0.3) is 0 Å². The summed E-state index contributed by atoms with van der Waals surface area (Å²) in [6.07, 6.45) is -13.3. The minimum atomic E-state index is -2.89. The van der Waals surface area contributed by atoms with Crippen LogP contribution in [0.25, 0.3) is 0 Å². The van der Waals surface area contributed by atoms with Gasteiger partial charge in [-0.1, -0.05) is 0 Å². The van der Waals surface area contributed by atoms with E-state index in [2.05, 4.69) is 0 Å². The van der Waals surface area contributed by atoms with Crippen molar-refractivity contribution in [1.29, 1.82) is 0 Å². The first-order valence-electron chi connectivity index (χ1n) is 6.99. The Kier molecular flexibility index (Phi) is 5.31. The van der Waals surface area contributed by atoms with Gasteiger partial charge in [-0.2, -0.15) is 0 Å². The van der Waals surface area contributed by atoms with E-state index in [9.17, 15) is 40.9 Å². The van der Waals surface area contributed by atoms with E-state index in [-0.39, 0.29) is 0 Å². The van der Waals surface area contributed by atoms with Crippen LogP contribution in [0, 0.1) is 0 Å². The second-order valence-electron chi connectivity index (χ2n) is 5.85. The van der Waals surface area contributed by atoms with E-state index in [4.69, 9.17) is 14.6 Å². The van der Waals surface area contributed by atoms with Gasteiger partial charge in [0.05, 0.1) is 19.8 Å². The Morgan fingerprint density at radius 1 is 0.870 bits per heavy atom. The topological polar surface area (TPSA) is 201 Å². The van der Waals surface area contributed by atoms with Gasteiger partial charge in [0.15, 0.2) is 17.5 Å². The molecule has 2 aliphatic rings. The van der Waals surface area contributed by atoms with Crippen molar-refractivity contribution in [2.75, 3.05) is 19.8 Å². The molecule has 0 aromatic carbocycles. The molecule has 9 atom stereocenters. The van der Waals surface area contributed by atoms with Crippen LogP contribution in [-0.2, 0) is 9.47 Å². The smallest absolute Gasteiger partial charge is 0.184 e. The zero-order valence-electron chi connectivity index (χ0n) is 12.0. The number of hydrogen-bond acceptors (Lipinski definition) is 11. The van der Waals surface area contributed by atoms with E-state index in [1.165, 1.54) is 0 Å². The van der Waals surface area contributed by atoms with Gasteiger partial charge in [0.1, 0.15) is 36.6 Å². The molecular formula is C12H22O11. The standard InChI is InChI=1S/C12H22O11/c13-1-4-6(15)8(17)11(20,3-22-4)12(21)5(2-14)23-10(19)7(16)9(12)18/h4-10,13-21H,1-3H2/t4-,5-,6+,7-,8+,9-,10+,11-,12+/m1/s1. The maximum Gasteiger partial charge on any atom is 0.184 e. The monoisotopic (exact) mass is 342 g/mol. The van der Waals surface area contributed by atoms with Crippen molar-refractivity contribution in [3.63, 3.8) is 0 Å². The van der Waals surface area contributed by atoms with E-state index in [1.54, 1.807) is 0 Å². The summed E-state index contributed by atoms with van der Waals surface area (Å²) in [5, 5.41) is 89.0. The molecule has 11 nitrogen and oxygen atoms in total. The molecule has 0 aliphatic carbocycles. The van der Waals surface area contributed by atoms with Crippen molar-refractivity contribution in [1.82, 2.24) is 0 Å². The summed E-state index contributed by atoms with van der Waals surface area (Å²) >= 11 is 0. The summed E-state index contributed by atoms with van der Waals surface area (Å²) in [6, 6.07) is 0. The Morgan fingerprint density at radius 2 is 1.48 bits per heavy atom. The number of hydrogen-bond donors (Lipinski definition) is 9. The summed E-state index contributed by atoms with van der Waals surface area (Å²) in [7, 11) is 0. The fraction of sp³-hybridized carbons (Fsp3) is 1.00. The predicted molar refractivity (Wildman–Crippen MR) is 68.7 cm³/mol. The number of rotatable bonds is 3. The van der Waals surface area contributed by atoms with Gasteiger partial charge in [0, 0.05) is 0 Å². The van der Waals surface area contributed by atoms with Crippen LogP contribution in [0.4, 0.5) is 0 Å². The number of ether oxygens (including phenoxy) is 2. The second kappa shape index (κ2) is 6.46. The lowest BCUT2D eigenvalue weighted by atomic mass is 9.67. The highest BCUT2D eigenvalue weighted by atomic mass is 16.6. The van der Waals surface area contributed by atoms with Crippen LogP contribution >= 0.6 is 0 Å². The maximum absolute atomic E-state index is 10.7. The molecule has 0 saturated carbocycles. The Labute approximate surface area is 130 Å². The SMILES string of the molecule is OC[C@H]1OC[C@](O)([C@@]2(O)[C@H](O)[C@@H](O)[C@@H](O)O[C@@H]2CO)[C@@H](O)[C@H]1O. The zero-order valence-corrected chi connectivity index (χ0v) is 12.0. The van der Waals surface area contributed by atoms with Crippen LogP contribution in [0.2, 0.25) is 0 Å². The lowest BCUT2D eigenvalue weighted by Gasteiger charge is -2.57. The van der Waals surface area contributed by atoms with Gasteiger partial charge in [-0.25, -0.2) is 0 Å². The quantitative estimate of drug-likeness (QED) is 0.236. The van der Waals surface area contributed by atoms with Crippen LogP contribution in [0.5, 0.6) is 0 Å². The molecular weight excluding hydrogens is 320 g/mol. The van der Waals surface area contributed by atoms with Crippen molar-refractivity contribution in [3.05, 3.63) is 0 Å². The second-order valence-corrected chi connectivity index (χ2v) is 5.85. The van der Waals surface area contributed by atoms with E-state index >= 15 is 0 Å². The maximum atomic E-state index is 10.7. The third kappa shape index (κ3) is 2.58. The van der Waals surface area contributed by atoms with Crippen LogP contribution < -0.4 is 0 Å². The first kappa shape index (κ1) is 18.9. The first-order chi connectivity index (χ1) is 10.6. The summed E-state index contributed by atoms with van der Waals surface area (Å²) in [4.78, 5) is 0. The van der Waals surface area contributed by atoms with Crippen LogP contribution in [0.3, 0.4) is 0 Å². The molecule has 2 aliphatic heterocycles. The summed E-state index contributed by atoms with van der Waals surface area (Å²) < 4.78 is 9.76. The average molecular weight is 342 g/mol. The van der Waals surface area contributed by atoms with Gasteiger partial charge in [-0.05, 0) is 0 Å². The fourth-order valence-corrected chi connectivity index (χ4v) is 3.09. The molecule has 2 fully saturated rings. The molecule has 0 bridgehead atoms. The molecule has 2 heterocycles. The molecule has 136 valence electrons. The highest BCUT2D eigenvalue weighted by Gasteiger charge is 2.69. The third-order valence-corrected chi connectivity index (χ3v) is 4.61. The van der Waals surface area contributed by atoms with Crippen molar-refractivity contribution < 1.29 is 55.4 Å². The molecule has 0 spiro atoms. The lowest BCUT2D eigenvalue weighted by Crippen LogP contribution is -2.82. The average Bonchev–Trinajstić information content (AvgIpc) is 2.54. The van der Waals surface area contributed by atoms with Gasteiger partial charge in [0.2, 0.25) is 0 Å². The minimum Gasteiger partial charge on any atom is -0.394 e. The van der Waals surface area contributed by atoms with Gasteiger partial charge < -0.3 is 55.4 Å². The Hall–Kier alpha value is -0.440. The molecule has 11 heteroatoms. The van der Waals surface area contributed by atoms with Gasteiger partial charge in [-0.3, -0.25) is 0 Å². The Morgan fingerprint density at radius 3 is 2.00 bits per heavy atom. The zero-order chi connectivity index (χ0) is 17.6. The molecule has 0 unspecified atom stereocenters. The summed E-state index contributed by atoms with van der Waals surface area (Å²) in [5.74, 6) is 0. The predicted octanol–water partition coefficient (Wildman–Crippen LogP) is -6.01. The normalized spacial score (nSPS) is 54.9. The highest BCUT2D eigenvalue weighted by Crippen LogP contribution is 2.42. The van der Waals surface area contributed by atoms with Crippen molar-refractivity contribution in [3.8, 4) is 0 Å². The molecule has 0 aromatic heterocycles. The Balaban J connectivity index is 2.42. The number of aliphatic hydroxyl groups excluding tert-OH is 7. The third-order valence-electron chi connectivity index (χ3n) is 4.61. The van der Waals surface area contributed by atoms with Crippen LogP contribution in [-0.4, -0.2) is 120 Å². The van der Waals surface area contributed by atoms with Crippen molar-refractivity contribution in [2.24, 2.45) is 0 Å². The molecule has 0 amide bonds. The summed E-state index contributed by atoms with van der Waals surface area (Å²) in [6.45, 7) is -2.53. The van der Waals surface area contributed by atoms with Crippen molar-refractivity contribution in [2.45, 2.75) is 54.1 Å². The van der Waals surface area contributed by atoms with E-state index in [1.807, 2.05) is 0 Å². The molecule has 9 N–H and O–H groups in total. The molecule has 0 radical (unpaired) electrons. The van der Waals surface area contributed by atoms with Gasteiger partial charge >= 0.3 is 0 Å². The van der Waals surface area contributed by atoms with E-state index in [0.29, 0.717) is 0 Å². The molecule has 2 rings (SSSR count). The largest absolute Gasteiger partial charge is 0.394 e. The lowest BCUT2D eigenvalue weighted by molar-refractivity contribution is -0.387. The van der Waals surface area contributed by atoms with Crippen molar-refractivity contribution >= 4 is 0 Å². The van der Waals surface area contributed by atoms with E-state index in [0.717, 1.165) is 0 Å². The van der Waals surface area contributed by atoms with Crippen LogP contribution in [0.1, 0.15) is 0 Å². The minimum absolute atomic E-state index is 0.684. The summed E-state index contributed by atoms with van der Waals surface area (Å²) in [5.41, 5.74) is -5.66. The van der Waals surface area contributed by atoms with Gasteiger partial charge in [-0.15, -0.1) is 0 Å². The number of aliphatic hydroxyl groups is 9. The fourth-order valence-electron chi connectivity index (χ4n) is 3.09. The molecule has 2 saturated heterocycles. The molecule has 0 aromatic rings. The highest BCUT2D eigenvalue weighted by molar-refractivity contribution is 5.18. The Bertz CT molecular complexity index is 418. The molecule has 23 heavy (non-hydrogen) atoms. The first-order valence-corrected chi connectivity index (χ1v) is 6.99.